The lowest BCUT2D eigenvalue weighted by Crippen LogP contribution is -2.06. The van der Waals surface area contributed by atoms with Gasteiger partial charge < -0.3 is 15.8 Å². The summed E-state index contributed by atoms with van der Waals surface area (Å²) in [6.45, 7) is 2.01. The predicted molar refractivity (Wildman–Crippen MR) is 84.2 cm³/mol. The maximum Gasteiger partial charge on any atom is 0.338 e. The van der Waals surface area contributed by atoms with Gasteiger partial charge in [-0.05, 0) is 43.3 Å². The first-order valence-electron chi connectivity index (χ1n) is 6.30. The third-order valence-electron chi connectivity index (χ3n) is 2.76. The van der Waals surface area contributed by atoms with Crippen LogP contribution in [0.15, 0.2) is 40.9 Å². The largest absolute Gasteiger partial charge is 0.462 e. The Kier molecular flexibility index (Phi) is 4.80. The van der Waals surface area contributed by atoms with Crippen LogP contribution in [-0.4, -0.2) is 12.6 Å². The van der Waals surface area contributed by atoms with Crippen LogP contribution in [0.25, 0.3) is 0 Å². The van der Waals surface area contributed by atoms with Crippen molar-refractivity contribution in [1.82, 2.24) is 0 Å². The molecule has 0 heterocycles. The first-order chi connectivity index (χ1) is 10.0. The van der Waals surface area contributed by atoms with E-state index in [0.717, 1.165) is 4.47 Å². The first kappa shape index (κ1) is 15.3. The van der Waals surface area contributed by atoms with E-state index in [1.807, 2.05) is 0 Å². The fourth-order valence-corrected chi connectivity index (χ4v) is 2.11. The minimum Gasteiger partial charge on any atom is -0.462 e. The second-order valence-corrected chi connectivity index (χ2v) is 5.19. The van der Waals surface area contributed by atoms with E-state index in [2.05, 4.69) is 21.2 Å². The van der Waals surface area contributed by atoms with Crippen LogP contribution in [0, 0.1) is 5.82 Å². The molecule has 0 aliphatic heterocycles. The van der Waals surface area contributed by atoms with E-state index in [1.165, 1.54) is 12.1 Å². The zero-order valence-corrected chi connectivity index (χ0v) is 12.9. The number of hydrogen-bond donors (Lipinski definition) is 2. The Bertz CT molecular complexity index is 677. The van der Waals surface area contributed by atoms with Crippen LogP contribution < -0.4 is 11.1 Å². The Labute approximate surface area is 130 Å². The van der Waals surface area contributed by atoms with Crippen molar-refractivity contribution in [2.75, 3.05) is 17.7 Å². The average Bonchev–Trinajstić information content (AvgIpc) is 2.45. The molecule has 0 amide bonds. The van der Waals surface area contributed by atoms with Crippen LogP contribution in [0.5, 0.6) is 0 Å². The summed E-state index contributed by atoms with van der Waals surface area (Å²) in [5, 5.41) is 2.88. The minimum atomic E-state index is -0.449. The zero-order chi connectivity index (χ0) is 15.4. The lowest BCUT2D eigenvalue weighted by atomic mass is 10.1. The number of halogens is 2. The highest BCUT2D eigenvalue weighted by atomic mass is 79.9. The van der Waals surface area contributed by atoms with Crippen molar-refractivity contribution < 1.29 is 13.9 Å². The van der Waals surface area contributed by atoms with Crippen LogP contribution in [0.3, 0.4) is 0 Å². The molecule has 0 atom stereocenters. The number of carbonyl (C=O) groups is 1. The quantitative estimate of drug-likeness (QED) is 0.642. The number of hydrogen-bond acceptors (Lipinski definition) is 4. The molecule has 0 bridgehead atoms. The molecule has 2 aromatic carbocycles. The number of carbonyl (C=O) groups excluding carboxylic acids is 1. The summed E-state index contributed by atoms with van der Waals surface area (Å²) in [5.41, 5.74) is 7.31. The third kappa shape index (κ3) is 3.72. The second kappa shape index (κ2) is 6.58. The molecule has 0 saturated carbocycles. The number of nitrogens with one attached hydrogen (secondary N) is 1. The summed E-state index contributed by atoms with van der Waals surface area (Å²) in [4.78, 5) is 11.7. The molecular formula is C15H14BrFN2O2. The lowest BCUT2D eigenvalue weighted by molar-refractivity contribution is 0.0526. The van der Waals surface area contributed by atoms with Gasteiger partial charge in [0.1, 0.15) is 5.82 Å². The Morgan fingerprint density at radius 3 is 2.76 bits per heavy atom. The van der Waals surface area contributed by atoms with Gasteiger partial charge in [0, 0.05) is 4.47 Å². The van der Waals surface area contributed by atoms with Crippen molar-refractivity contribution in [3.05, 3.63) is 52.3 Å². The third-order valence-corrected chi connectivity index (χ3v) is 3.26. The molecule has 0 aliphatic rings. The van der Waals surface area contributed by atoms with E-state index in [-0.39, 0.29) is 12.3 Å². The average molecular weight is 353 g/mol. The summed E-state index contributed by atoms with van der Waals surface area (Å²) in [5.74, 6) is -0.866. The smallest absolute Gasteiger partial charge is 0.338 e. The molecule has 3 N–H and O–H groups in total. The van der Waals surface area contributed by atoms with E-state index in [1.54, 1.807) is 31.2 Å². The molecule has 4 nitrogen and oxygen atoms in total. The summed E-state index contributed by atoms with van der Waals surface area (Å²) in [7, 11) is 0. The highest BCUT2D eigenvalue weighted by Crippen LogP contribution is 2.28. The Hall–Kier alpha value is -2.08. The van der Waals surface area contributed by atoms with Crippen molar-refractivity contribution in [3.8, 4) is 0 Å². The fourth-order valence-electron chi connectivity index (χ4n) is 1.74. The number of ether oxygens (including phenoxy) is 1. The lowest BCUT2D eigenvalue weighted by Gasteiger charge is -2.12. The van der Waals surface area contributed by atoms with Gasteiger partial charge in [-0.15, -0.1) is 0 Å². The number of nitrogen functional groups attached to an aromatic ring is 1. The number of benzene rings is 2. The van der Waals surface area contributed by atoms with Gasteiger partial charge in [0.15, 0.2) is 0 Å². The van der Waals surface area contributed by atoms with Gasteiger partial charge in [-0.25, -0.2) is 9.18 Å². The number of anilines is 3. The molecular weight excluding hydrogens is 339 g/mol. The molecule has 0 spiro atoms. The molecule has 0 unspecified atom stereocenters. The van der Waals surface area contributed by atoms with Crippen molar-refractivity contribution in [2.45, 2.75) is 6.92 Å². The number of nitrogens with two attached hydrogens (primary N) is 1. The second-order valence-electron chi connectivity index (χ2n) is 4.27. The Morgan fingerprint density at radius 1 is 1.29 bits per heavy atom. The van der Waals surface area contributed by atoms with Crippen molar-refractivity contribution in [3.63, 3.8) is 0 Å². The van der Waals surface area contributed by atoms with Gasteiger partial charge in [-0.3, -0.25) is 0 Å². The van der Waals surface area contributed by atoms with E-state index < -0.39 is 11.8 Å². The van der Waals surface area contributed by atoms with Gasteiger partial charge in [-0.2, -0.15) is 0 Å². The standard InChI is InChI=1S/C15H14BrFN2O2/c1-2-21-15(20)9-3-6-12(18)14(7-9)19-13-8-10(16)4-5-11(13)17/h3-8,19H,2,18H2,1H3. The molecule has 0 saturated heterocycles. The molecule has 110 valence electrons. The van der Waals surface area contributed by atoms with E-state index >= 15 is 0 Å². The topological polar surface area (TPSA) is 64.3 Å². The SMILES string of the molecule is CCOC(=O)c1ccc(N)c(Nc2cc(Br)ccc2F)c1. The van der Waals surface area contributed by atoms with Crippen LogP contribution in [0.1, 0.15) is 17.3 Å². The Balaban J connectivity index is 2.33. The molecule has 2 rings (SSSR count). The maximum absolute atomic E-state index is 13.8. The molecule has 2 aromatic rings. The first-order valence-corrected chi connectivity index (χ1v) is 7.09. The van der Waals surface area contributed by atoms with Crippen LogP contribution in [0.4, 0.5) is 21.5 Å². The van der Waals surface area contributed by atoms with Crippen LogP contribution in [0.2, 0.25) is 0 Å². The van der Waals surface area contributed by atoms with Gasteiger partial charge in [0.2, 0.25) is 0 Å². The van der Waals surface area contributed by atoms with E-state index in [9.17, 15) is 9.18 Å². The van der Waals surface area contributed by atoms with E-state index in [0.29, 0.717) is 16.9 Å². The normalized spacial score (nSPS) is 10.2. The molecule has 0 aliphatic carbocycles. The fraction of sp³-hybridized carbons (Fsp3) is 0.133. The summed E-state index contributed by atoms with van der Waals surface area (Å²) >= 11 is 3.27. The number of rotatable bonds is 4. The Morgan fingerprint density at radius 2 is 2.05 bits per heavy atom. The molecule has 0 radical (unpaired) electrons. The monoisotopic (exact) mass is 352 g/mol. The van der Waals surface area contributed by atoms with Crippen molar-refractivity contribution in [1.29, 1.82) is 0 Å². The summed E-state index contributed by atoms with van der Waals surface area (Å²) in [6, 6.07) is 9.19. The maximum atomic E-state index is 13.8. The molecule has 6 heteroatoms. The minimum absolute atomic E-state index is 0.261. The summed E-state index contributed by atoms with van der Waals surface area (Å²) < 4.78 is 19.4. The molecule has 0 aromatic heterocycles. The highest BCUT2D eigenvalue weighted by molar-refractivity contribution is 9.10. The van der Waals surface area contributed by atoms with Gasteiger partial charge in [0.05, 0.1) is 29.2 Å². The van der Waals surface area contributed by atoms with Gasteiger partial charge in [-0.1, -0.05) is 15.9 Å². The van der Waals surface area contributed by atoms with E-state index in [4.69, 9.17) is 10.5 Å². The molecule has 21 heavy (non-hydrogen) atoms. The van der Waals surface area contributed by atoms with Crippen molar-refractivity contribution in [2.24, 2.45) is 0 Å². The van der Waals surface area contributed by atoms with Gasteiger partial charge in [0.25, 0.3) is 0 Å². The number of esters is 1. The van der Waals surface area contributed by atoms with Gasteiger partial charge >= 0.3 is 5.97 Å². The highest BCUT2D eigenvalue weighted by Gasteiger charge is 2.11. The van der Waals surface area contributed by atoms with Crippen molar-refractivity contribution >= 4 is 39.0 Å². The van der Waals surface area contributed by atoms with Crippen LogP contribution in [-0.2, 0) is 4.74 Å². The predicted octanol–water partition coefficient (Wildman–Crippen LogP) is 4.09. The van der Waals surface area contributed by atoms with Crippen LogP contribution >= 0.6 is 15.9 Å². The zero-order valence-electron chi connectivity index (χ0n) is 11.3. The summed E-state index contributed by atoms with van der Waals surface area (Å²) in [6.07, 6.45) is 0. The molecule has 0 fully saturated rings.